The molecule has 2 amide bonds. The van der Waals surface area contributed by atoms with Crippen LogP contribution in [0.4, 0.5) is 16.2 Å². The van der Waals surface area contributed by atoms with Crippen molar-refractivity contribution in [2.24, 2.45) is 17.6 Å². The van der Waals surface area contributed by atoms with E-state index >= 15 is 0 Å². The second-order valence-corrected chi connectivity index (χ2v) is 10.3. The number of aromatic nitrogens is 2. The Labute approximate surface area is 195 Å². The smallest absolute Gasteiger partial charge is 0.409 e. The molecule has 1 fully saturated rings. The molecular weight excluding hydrogens is 474 g/mol. The van der Waals surface area contributed by atoms with Crippen molar-refractivity contribution in [1.82, 2.24) is 9.78 Å². The molecule has 13 heteroatoms. The minimum atomic E-state index is -4.19. The van der Waals surface area contributed by atoms with E-state index < -0.39 is 34.0 Å². The molecule has 0 radical (unpaired) electrons. The maximum absolute atomic E-state index is 13.6. The lowest BCUT2D eigenvalue weighted by atomic mass is 9.95. The van der Waals surface area contributed by atoms with E-state index in [1.165, 1.54) is 29.1 Å². The molecule has 1 aromatic heterocycles. The molecule has 2 heterocycles. The molecule has 0 saturated heterocycles. The summed E-state index contributed by atoms with van der Waals surface area (Å²) in [6.07, 6.45) is 1.48. The number of fused-ring (bicyclic) bond motifs is 1. The maximum Gasteiger partial charge on any atom is 0.409 e. The number of carbonyl (C=O) groups excluding carboxylic acids is 1. The highest BCUT2D eigenvalue weighted by molar-refractivity contribution is 7.93. The third-order valence-corrected chi connectivity index (χ3v) is 7.97. The maximum atomic E-state index is 13.6. The van der Waals surface area contributed by atoms with Crippen molar-refractivity contribution in [2.45, 2.75) is 43.7 Å². The van der Waals surface area contributed by atoms with Crippen molar-refractivity contribution in [2.75, 3.05) is 16.2 Å². The number of benzene rings is 1. The lowest BCUT2D eigenvalue weighted by Crippen LogP contribution is -2.45. The molecule has 4 rings (SSSR count). The van der Waals surface area contributed by atoms with E-state index in [9.17, 15) is 18.0 Å². The second kappa shape index (κ2) is 8.75. The number of rotatable bonds is 8. The Morgan fingerprint density at radius 3 is 2.70 bits per heavy atom. The molecule has 2 aromatic rings. The molecule has 0 spiro atoms. The number of sulfonamides is 1. The predicted molar refractivity (Wildman–Crippen MR) is 120 cm³/mol. The van der Waals surface area contributed by atoms with Gasteiger partial charge in [-0.1, -0.05) is 11.6 Å². The van der Waals surface area contributed by atoms with Gasteiger partial charge in [-0.15, -0.1) is 0 Å². The number of nitrogens with zero attached hydrogens (tertiary/aromatic N) is 3. The molecule has 4 N–H and O–H groups in total. The number of ether oxygens (including phenoxy) is 1. The number of nitrogens with one attached hydrogen (secondary N) is 1. The van der Waals surface area contributed by atoms with Crippen molar-refractivity contribution in [1.29, 1.82) is 0 Å². The van der Waals surface area contributed by atoms with Gasteiger partial charge in [0.15, 0.2) is 5.15 Å². The quantitative estimate of drug-likeness (QED) is 0.505. The third kappa shape index (κ3) is 4.71. The fraction of sp³-hybridized carbons (Fsp3) is 0.450. The molecule has 2 unspecified atom stereocenters. The van der Waals surface area contributed by atoms with E-state index in [1.807, 2.05) is 0 Å². The first kappa shape index (κ1) is 23.2. The summed E-state index contributed by atoms with van der Waals surface area (Å²) in [7, 11) is -4.19. The van der Waals surface area contributed by atoms with Crippen LogP contribution in [0.15, 0.2) is 29.3 Å². The van der Waals surface area contributed by atoms with Gasteiger partial charge in [0.05, 0.1) is 12.2 Å². The highest BCUT2D eigenvalue weighted by Crippen LogP contribution is 2.43. The predicted octanol–water partition coefficient (Wildman–Crippen LogP) is 2.50. The van der Waals surface area contributed by atoms with Crippen molar-refractivity contribution < 1.29 is 27.9 Å². The van der Waals surface area contributed by atoms with Crippen LogP contribution in [0.2, 0.25) is 5.15 Å². The van der Waals surface area contributed by atoms with Crippen LogP contribution in [0.25, 0.3) is 0 Å². The zero-order valence-electron chi connectivity index (χ0n) is 17.8. The molecule has 2 aliphatic rings. The van der Waals surface area contributed by atoms with Crippen molar-refractivity contribution in [3.63, 3.8) is 0 Å². The minimum Gasteiger partial charge on any atom is -0.486 e. The minimum absolute atomic E-state index is 0.101. The Bertz CT molecular complexity index is 1200. The average molecular weight is 498 g/mol. The molecule has 2 atom stereocenters. The number of carbonyl (C=O) groups is 2. The SMILES string of the molecule is CCn1cc(S(=O)(=O)N2CC(CC(C(N)=O)C3CC3)Oc3ccc(NC(=O)O)cc32)c(Cl)n1. The number of halogens is 1. The van der Waals surface area contributed by atoms with Crippen LogP contribution >= 0.6 is 11.6 Å². The number of primary amides is 1. The van der Waals surface area contributed by atoms with Crippen molar-refractivity contribution in [3.8, 4) is 5.75 Å². The van der Waals surface area contributed by atoms with Gasteiger partial charge >= 0.3 is 6.09 Å². The molecule has 1 saturated carbocycles. The van der Waals surface area contributed by atoms with E-state index in [-0.39, 0.29) is 46.1 Å². The fourth-order valence-corrected chi connectivity index (χ4v) is 5.97. The van der Waals surface area contributed by atoms with E-state index in [0.29, 0.717) is 6.54 Å². The summed E-state index contributed by atoms with van der Waals surface area (Å²) in [5, 5.41) is 15.1. The van der Waals surface area contributed by atoms with Gasteiger partial charge in [-0.2, -0.15) is 5.10 Å². The van der Waals surface area contributed by atoms with Crippen LogP contribution in [-0.4, -0.2) is 48.0 Å². The molecule has 178 valence electrons. The summed E-state index contributed by atoms with van der Waals surface area (Å²) in [5.41, 5.74) is 5.91. The van der Waals surface area contributed by atoms with Crippen molar-refractivity contribution in [3.05, 3.63) is 29.5 Å². The van der Waals surface area contributed by atoms with Gasteiger partial charge in [0, 0.05) is 24.3 Å². The molecule has 33 heavy (non-hydrogen) atoms. The third-order valence-electron chi connectivity index (χ3n) is 5.79. The van der Waals surface area contributed by atoms with Crippen LogP contribution in [0.3, 0.4) is 0 Å². The molecule has 1 aliphatic carbocycles. The Hall–Kier alpha value is -2.99. The first-order valence-corrected chi connectivity index (χ1v) is 12.3. The number of carboxylic acid groups (broad SMARTS) is 1. The van der Waals surface area contributed by atoms with E-state index in [4.69, 9.17) is 27.2 Å². The Morgan fingerprint density at radius 2 is 2.12 bits per heavy atom. The zero-order chi connectivity index (χ0) is 23.9. The summed E-state index contributed by atoms with van der Waals surface area (Å²) in [5.74, 6) is -0.434. The fourth-order valence-electron chi connectivity index (χ4n) is 4.02. The van der Waals surface area contributed by atoms with Gasteiger partial charge in [0.25, 0.3) is 10.0 Å². The van der Waals surface area contributed by atoms with Gasteiger partial charge in [0.1, 0.15) is 16.7 Å². The molecule has 11 nitrogen and oxygen atoms in total. The molecule has 1 aromatic carbocycles. The number of amides is 2. The highest BCUT2D eigenvalue weighted by Gasteiger charge is 2.41. The van der Waals surface area contributed by atoms with E-state index in [0.717, 1.165) is 17.1 Å². The first-order chi connectivity index (χ1) is 15.6. The van der Waals surface area contributed by atoms with E-state index in [1.54, 1.807) is 6.92 Å². The average Bonchev–Trinajstić information content (AvgIpc) is 3.51. The lowest BCUT2D eigenvalue weighted by molar-refractivity contribution is -0.123. The van der Waals surface area contributed by atoms with Gasteiger partial charge in [-0.3, -0.25) is 19.1 Å². The van der Waals surface area contributed by atoms with Gasteiger partial charge < -0.3 is 15.6 Å². The number of hydrogen-bond acceptors (Lipinski definition) is 6. The van der Waals surface area contributed by atoms with Crippen molar-refractivity contribution >= 4 is 45.0 Å². The molecular formula is C20H24ClN5O6S. The Kier molecular flexibility index (Phi) is 6.14. The monoisotopic (exact) mass is 497 g/mol. The Balaban J connectivity index is 1.74. The van der Waals surface area contributed by atoms with Crippen LogP contribution in [0.5, 0.6) is 5.75 Å². The summed E-state index contributed by atoms with van der Waals surface area (Å²) < 4.78 is 35.9. The normalized spacial score (nSPS) is 18.8. The summed E-state index contributed by atoms with van der Waals surface area (Å²) in [6, 6.07) is 4.33. The van der Waals surface area contributed by atoms with Gasteiger partial charge in [0.2, 0.25) is 5.91 Å². The van der Waals surface area contributed by atoms with Gasteiger partial charge in [-0.05, 0) is 50.3 Å². The Morgan fingerprint density at radius 1 is 1.39 bits per heavy atom. The van der Waals surface area contributed by atoms with Crippen LogP contribution < -0.4 is 20.1 Å². The number of anilines is 2. The molecule has 1 aliphatic heterocycles. The number of nitrogens with two attached hydrogens (primary N) is 1. The summed E-state index contributed by atoms with van der Waals surface area (Å²) in [4.78, 5) is 22.9. The first-order valence-electron chi connectivity index (χ1n) is 10.5. The second-order valence-electron chi connectivity index (χ2n) is 8.11. The topological polar surface area (TPSA) is 157 Å². The summed E-state index contributed by atoms with van der Waals surface area (Å²) >= 11 is 6.15. The van der Waals surface area contributed by atoms with Crippen LogP contribution in [0.1, 0.15) is 26.2 Å². The number of hydrogen-bond donors (Lipinski definition) is 3. The molecule has 0 bridgehead atoms. The highest BCUT2D eigenvalue weighted by atomic mass is 35.5. The zero-order valence-corrected chi connectivity index (χ0v) is 19.3. The van der Waals surface area contributed by atoms with Crippen LogP contribution in [-0.2, 0) is 21.4 Å². The largest absolute Gasteiger partial charge is 0.486 e. The van der Waals surface area contributed by atoms with Crippen LogP contribution in [0, 0.1) is 11.8 Å². The lowest BCUT2D eigenvalue weighted by Gasteiger charge is -2.36. The summed E-state index contributed by atoms with van der Waals surface area (Å²) in [6.45, 7) is 2.12. The van der Waals surface area contributed by atoms with E-state index in [2.05, 4.69) is 10.4 Å². The number of aryl methyl sites for hydroxylation is 1. The standard InChI is InChI=1S/C20H24ClN5O6S/c1-2-25-10-17(18(21)24-25)33(30,31)26-9-13(8-14(19(22)27)11-3-4-11)32-16-6-5-12(7-15(16)26)23-20(28)29/h5-7,10-11,13-14,23H,2-4,8-9H2,1H3,(H2,22,27)(H,28,29). The van der Waals surface area contributed by atoms with Gasteiger partial charge in [-0.25, -0.2) is 13.2 Å².